The Morgan fingerprint density at radius 2 is 2.19 bits per heavy atom. The molecule has 0 radical (unpaired) electrons. The second-order valence-electron chi connectivity index (χ2n) is 4.82. The van der Waals surface area contributed by atoms with Gasteiger partial charge in [-0.05, 0) is 13.3 Å². The Bertz CT molecular complexity index is 342. The third-order valence-electron chi connectivity index (χ3n) is 3.17. The largest absolute Gasteiger partial charge is 0.387 e. The molecule has 16 heavy (non-hydrogen) atoms. The maximum atomic E-state index is 10.0. The van der Waals surface area contributed by atoms with E-state index in [4.69, 9.17) is 0 Å². The Morgan fingerprint density at radius 1 is 1.44 bits per heavy atom. The van der Waals surface area contributed by atoms with Gasteiger partial charge in [-0.1, -0.05) is 13.3 Å². The van der Waals surface area contributed by atoms with Crippen molar-refractivity contribution < 1.29 is 5.11 Å². The van der Waals surface area contributed by atoms with Crippen molar-refractivity contribution in [3.05, 3.63) is 18.0 Å². The molecule has 1 aromatic rings. The van der Waals surface area contributed by atoms with Crippen molar-refractivity contribution in [1.82, 2.24) is 14.7 Å². The molecule has 4 nitrogen and oxygen atoms in total. The monoisotopic (exact) mass is 223 g/mol. The van der Waals surface area contributed by atoms with Crippen LogP contribution >= 0.6 is 0 Å². The number of rotatable bonds is 5. The van der Waals surface area contributed by atoms with Crippen LogP contribution in [0.25, 0.3) is 0 Å². The number of β-amino-alcohol motifs (C(OH)–C–C–N with tert-alkyl or cyclic N) is 1. The molecule has 2 heterocycles. The molecule has 4 heteroatoms. The zero-order valence-electron chi connectivity index (χ0n) is 10.2. The third-order valence-corrected chi connectivity index (χ3v) is 3.17. The third kappa shape index (κ3) is 2.44. The normalized spacial score (nSPS) is 19.7. The summed E-state index contributed by atoms with van der Waals surface area (Å²) in [5.74, 6) is 0. The van der Waals surface area contributed by atoms with Gasteiger partial charge in [0.25, 0.3) is 0 Å². The maximum absolute atomic E-state index is 10.0. The smallest absolute Gasteiger partial charge is 0.0900 e. The Balaban J connectivity index is 1.81. The van der Waals surface area contributed by atoms with E-state index in [1.54, 1.807) is 0 Å². The molecule has 1 N–H and O–H groups in total. The lowest BCUT2D eigenvalue weighted by molar-refractivity contribution is -0.106. The van der Waals surface area contributed by atoms with Crippen LogP contribution in [0.5, 0.6) is 0 Å². The average molecular weight is 223 g/mol. The van der Waals surface area contributed by atoms with Crippen LogP contribution < -0.4 is 0 Å². The number of hydrogen-bond acceptors (Lipinski definition) is 3. The zero-order valence-corrected chi connectivity index (χ0v) is 10.2. The summed E-state index contributed by atoms with van der Waals surface area (Å²) in [6.07, 6.45) is 5.97. The highest BCUT2D eigenvalue weighted by atomic mass is 16.3. The Hall–Kier alpha value is -0.870. The second-order valence-corrected chi connectivity index (χ2v) is 4.82. The highest BCUT2D eigenvalue weighted by Gasteiger charge is 2.39. The van der Waals surface area contributed by atoms with Gasteiger partial charge >= 0.3 is 0 Å². The minimum atomic E-state index is -0.421. The summed E-state index contributed by atoms with van der Waals surface area (Å²) in [6, 6.07) is 0. The summed E-state index contributed by atoms with van der Waals surface area (Å²) in [5.41, 5.74) is 0.815. The van der Waals surface area contributed by atoms with Crippen LogP contribution in [0.4, 0.5) is 0 Å². The predicted octanol–water partition coefficient (Wildman–Crippen LogP) is 1.25. The van der Waals surface area contributed by atoms with E-state index in [0.717, 1.165) is 39.0 Å². The minimum Gasteiger partial charge on any atom is -0.387 e. The summed E-state index contributed by atoms with van der Waals surface area (Å²) in [7, 11) is 0. The molecule has 0 unspecified atom stereocenters. The fourth-order valence-corrected chi connectivity index (χ4v) is 2.44. The fraction of sp³-hybridized carbons (Fsp3) is 0.750. The van der Waals surface area contributed by atoms with Crippen LogP contribution in [-0.4, -0.2) is 38.5 Å². The van der Waals surface area contributed by atoms with Crippen LogP contribution in [0.15, 0.2) is 12.4 Å². The lowest BCUT2D eigenvalue weighted by Gasteiger charge is -2.46. The Labute approximate surface area is 96.9 Å². The van der Waals surface area contributed by atoms with Gasteiger partial charge in [-0.25, -0.2) is 0 Å². The van der Waals surface area contributed by atoms with E-state index in [-0.39, 0.29) is 0 Å². The van der Waals surface area contributed by atoms with E-state index in [2.05, 4.69) is 30.0 Å². The van der Waals surface area contributed by atoms with E-state index in [1.807, 2.05) is 10.9 Å². The highest BCUT2D eigenvalue weighted by Crippen LogP contribution is 2.26. The summed E-state index contributed by atoms with van der Waals surface area (Å²) in [5, 5.41) is 14.3. The number of hydrogen-bond donors (Lipinski definition) is 1. The van der Waals surface area contributed by atoms with Crippen molar-refractivity contribution in [2.45, 2.75) is 45.4 Å². The van der Waals surface area contributed by atoms with Gasteiger partial charge in [0.15, 0.2) is 0 Å². The Kier molecular flexibility index (Phi) is 3.30. The molecule has 0 bridgehead atoms. The van der Waals surface area contributed by atoms with E-state index in [0.29, 0.717) is 0 Å². The van der Waals surface area contributed by atoms with Crippen molar-refractivity contribution in [1.29, 1.82) is 0 Å². The SMILES string of the molecule is CCCC1(O)CN(Cc2cnn(CC)c2)C1. The van der Waals surface area contributed by atoms with E-state index >= 15 is 0 Å². The zero-order chi connectivity index (χ0) is 11.6. The topological polar surface area (TPSA) is 41.3 Å². The quantitative estimate of drug-likeness (QED) is 0.817. The number of nitrogens with zero attached hydrogens (tertiary/aromatic N) is 3. The molecule has 1 fully saturated rings. The van der Waals surface area contributed by atoms with E-state index < -0.39 is 5.60 Å². The predicted molar refractivity (Wildman–Crippen MR) is 63.0 cm³/mol. The first-order valence-corrected chi connectivity index (χ1v) is 6.11. The lowest BCUT2D eigenvalue weighted by Crippen LogP contribution is -2.60. The number of aliphatic hydroxyl groups is 1. The van der Waals surface area contributed by atoms with E-state index in [9.17, 15) is 5.11 Å². The van der Waals surface area contributed by atoms with Gasteiger partial charge in [0.2, 0.25) is 0 Å². The molecular formula is C12H21N3O. The maximum Gasteiger partial charge on any atom is 0.0900 e. The molecule has 0 atom stereocenters. The molecule has 0 amide bonds. The first-order chi connectivity index (χ1) is 7.65. The summed E-state index contributed by atoms with van der Waals surface area (Å²) >= 11 is 0. The summed E-state index contributed by atoms with van der Waals surface area (Å²) in [6.45, 7) is 7.63. The molecule has 1 aliphatic heterocycles. The molecule has 2 rings (SSSR count). The van der Waals surface area contributed by atoms with Crippen molar-refractivity contribution in [2.75, 3.05) is 13.1 Å². The second kappa shape index (κ2) is 4.55. The van der Waals surface area contributed by atoms with Gasteiger partial charge in [-0.3, -0.25) is 9.58 Å². The average Bonchev–Trinajstić information content (AvgIpc) is 2.64. The molecule has 1 aliphatic rings. The van der Waals surface area contributed by atoms with Crippen LogP contribution in [0.3, 0.4) is 0 Å². The standard InChI is InChI=1S/C12H21N3O/c1-3-5-12(16)9-14(10-12)7-11-6-13-15(4-2)8-11/h6,8,16H,3-5,7,9-10H2,1-2H3. The van der Waals surface area contributed by atoms with Gasteiger partial charge < -0.3 is 5.11 Å². The van der Waals surface area contributed by atoms with Gasteiger partial charge in [0, 0.05) is 37.9 Å². The van der Waals surface area contributed by atoms with Gasteiger partial charge in [-0.2, -0.15) is 5.10 Å². The minimum absolute atomic E-state index is 0.421. The van der Waals surface area contributed by atoms with Crippen LogP contribution in [-0.2, 0) is 13.1 Å². The lowest BCUT2D eigenvalue weighted by atomic mass is 9.89. The first-order valence-electron chi connectivity index (χ1n) is 6.11. The van der Waals surface area contributed by atoms with Gasteiger partial charge in [-0.15, -0.1) is 0 Å². The van der Waals surface area contributed by atoms with Crippen LogP contribution in [0.2, 0.25) is 0 Å². The van der Waals surface area contributed by atoms with Crippen molar-refractivity contribution >= 4 is 0 Å². The van der Waals surface area contributed by atoms with Gasteiger partial charge in [0.1, 0.15) is 0 Å². The summed E-state index contributed by atoms with van der Waals surface area (Å²) in [4.78, 5) is 2.27. The molecule has 0 saturated carbocycles. The summed E-state index contributed by atoms with van der Waals surface area (Å²) < 4.78 is 1.94. The number of aromatic nitrogens is 2. The molecule has 0 aliphatic carbocycles. The molecule has 90 valence electrons. The van der Waals surface area contributed by atoms with Crippen molar-refractivity contribution in [2.24, 2.45) is 0 Å². The Morgan fingerprint density at radius 3 is 2.75 bits per heavy atom. The van der Waals surface area contributed by atoms with Gasteiger partial charge in [0.05, 0.1) is 11.8 Å². The van der Waals surface area contributed by atoms with Crippen LogP contribution in [0, 0.1) is 0 Å². The van der Waals surface area contributed by atoms with Crippen molar-refractivity contribution in [3.63, 3.8) is 0 Å². The van der Waals surface area contributed by atoms with E-state index in [1.165, 1.54) is 5.56 Å². The number of aryl methyl sites for hydroxylation is 1. The number of likely N-dealkylation sites (tertiary alicyclic amines) is 1. The van der Waals surface area contributed by atoms with Crippen LogP contribution in [0.1, 0.15) is 32.3 Å². The molecule has 0 aromatic carbocycles. The first kappa shape index (κ1) is 11.6. The highest BCUT2D eigenvalue weighted by molar-refractivity contribution is 5.06. The molecule has 0 spiro atoms. The fourth-order valence-electron chi connectivity index (χ4n) is 2.44. The molecule has 1 saturated heterocycles. The molecule has 1 aromatic heterocycles. The molecular weight excluding hydrogens is 202 g/mol. The van der Waals surface area contributed by atoms with Crippen molar-refractivity contribution in [3.8, 4) is 0 Å².